The number of rotatable bonds is 4. The molecule has 0 saturated heterocycles. The summed E-state index contributed by atoms with van der Waals surface area (Å²) in [6, 6.07) is 15.4. The normalized spacial score (nSPS) is 15.9. The second-order valence-electron chi connectivity index (χ2n) is 6.09. The van der Waals surface area contributed by atoms with Crippen molar-refractivity contribution in [2.45, 2.75) is 12.3 Å². The number of imidazole rings is 1. The average molecular weight is 349 g/mol. The summed E-state index contributed by atoms with van der Waals surface area (Å²) >= 11 is 0. The molecule has 0 spiro atoms. The van der Waals surface area contributed by atoms with Crippen LogP contribution in [0.15, 0.2) is 54.9 Å². The minimum absolute atomic E-state index is 0.0383. The molecule has 1 amide bonds. The van der Waals surface area contributed by atoms with Gasteiger partial charge in [0.1, 0.15) is 23.6 Å². The molecule has 3 aromatic rings. The summed E-state index contributed by atoms with van der Waals surface area (Å²) in [4.78, 5) is 17.0. The van der Waals surface area contributed by atoms with E-state index in [1.807, 2.05) is 53.1 Å². The molecule has 26 heavy (non-hydrogen) atoms. The van der Waals surface area contributed by atoms with E-state index in [2.05, 4.69) is 10.3 Å². The monoisotopic (exact) mass is 349 g/mol. The van der Waals surface area contributed by atoms with Crippen molar-refractivity contribution in [3.05, 3.63) is 66.1 Å². The molecule has 2 heterocycles. The minimum Gasteiger partial charge on any atom is -0.497 e. The number of nitrogens with zero attached hydrogens (tertiary/aromatic N) is 2. The van der Waals surface area contributed by atoms with E-state index in [0.717, 1.165) is 28.4 Å². The Hall–Kier alpha value is -3.28. The lowest BCUT2D eigenvalue weighted by atomic mass is 9.89. The zero-order valence-corrected chi connectivity index (χ0v) is 14.6. The highest BCUT2D eigenvalue weighted by Crippen LogP contribution is 2.40. The molecule has 1 aliphatic heterocycles. The van der Waals surface area contributed by atoms with Gasteiger partial charge in [-0.3, -0.25) is 9.36 Å². The number of hydrogen-bond acceptors (Lipinski definition) is 4. The smallest absolute Gasteiger partial charge is 0.226 e. The van der Waals surface area contributed by atoms with Gasteiger partial charge in [0.25, 0.3) is 0 Å². The first-order valence-corrected chi connectivity index (χ1v) is 8.35. The van der Waals surface area contributed by atoms with Gasteiger partial charge in [-0.2, -0.15) is 0 Å². The van der Waals surface area contributed by atoms with E-state index < -0.39 is 0 Å². The minimum atomic E-state index is -0.144. The van der Waals surface area contributed by atoms with Crippen molar-refractivity contribution >= 4 is 11.7 Å². The Balaban J connectivity index is 1.80. The van der Waals surface area contributed by atoms with Crippen LogP contribution in [0.2, 0.25) is 0 Å². The third-order valence-corrected chi connectivity index (χ3v) is 4.64. The molecular formula is C20H19N3O3. The third kappa shape index (κ3) is 2.69. The molecular weight excluding hydrogens is 330 g/mol. The van der Waals surface area contributed by atoms with Crippen LogP contribution < -0.4 is 14.8 Å². The van der Waals surface area contributed by atoms with E-state index in [1.165, 1.54) is 0 Å². The van der Waals surface area contributed by atoms with Crippen molar-refractivity contribution in [2.75, 3.05) is 19.5 Å². The summed E-state index contributed by atoms with van der Waals surface area (Å²) in [7, 11) is 3.27. The maximum atomic E-state index is 12.4. The SMILES string of the molecule is COc1ccc(-n2cnc3c2NC(=O)CC3c2ccccc2OC)cc1. The summed E-state index contributed by atoms with van der Waals surface area (Å²) in [6.45, 7) is 0. The van der Waals surface area contributed by atoms with Gasteiger partial charge in [-0.05, 0) is 30.3 Å². The maximum Gasteiger partial charge on any atom is 0.226 e. The average Bonchev–Trinajstić information content (AvgIpc) is 3.11. The number of ether oxygens (including phenoxy) is 2. The largest absolute Gasteiger partial charge is 0.497 e. The lowest BCUT2D eigenvalue weighted by molar-refractivity contribution is -0.116. The van der Waals surface area contributed by atoms with Gasteiger partial charge in [-0.1, -0.05) is 18.2 Å². The van der Waals surface area contributed by atoms with Crippen LogP contribution in [0.5, 0.6) is 11.5 Å². The molecule has 1 N–H and O–H groups in total. The van der Waals surface area contributed by atoms with Crippen LogP contribution in [0, 0.1) is 0 Å². The number of nitrogens with one attached hydrogen (secondary N) is 1. The highest BCUT2D eigenvalue weighted by atomic mass is 16.5. The number of amides is 1. The molecule has 4 rings (SSSR count). The first kappa shape index (κ1) is 16.2. The molecule has 132 valence electrons. The van der Waals surface area contributed by atoms with Crippen LogP contribution in [0.3, 0.4) is 0 Å². The molecule has 2 aromatic carbocycles. The first-order chi connectivity index (χ1) is 12.7. The Morgan fingerprint density at radius 3 is 2.58 bits per heavy atom. The standard InChI is InChI=1S/C20H19N3O3/c1-25-14-9-7-13(8-10-14)23-12-21-19-16(11-18(24)22-20(19)23)15-5-3-4-6-17(15)26-2/h3-10,12,16H,11H2,1-2H3,(H,22,24). The van der Waals surface area contributed by atoms with Gasteiger partial charge in [0.05, 0.1) is 19.9 Å². The molecule has 1 unspecified atom stereocenters. The van der Waals surface area contributed by atoms with E-state index in [4.69, 9.17) is 9.47 Å². The van der Waals surface area contributed by atoms with Crippen molar-refractivity contribution in [1.29, 1.82) is 0 Å². The molecule has 1 atom stereocenters. The number of anilines is 1. The van der Waals surface area contributed by atoms with Crippen molar-refractivity contribution in [3.8, 4) is 17.2 Å². The number of hydrogen-bond donors (Lipinski definition) is 1. The number of para-hydroxylation sites is 1. The van der Waals surface area contributed by atoms with Gasteiger partial charge < -0.3 is 14.8 Å². The second kappa shape index (κ2) is 6.55. The fourth-order valence-electron chi connectivity index (χ4n) is 3.36. The van der Waals surface area contributed by atoms with Gasteiger partial charge in [0.15, 0.2) is 0 Å². The molecule has 6 heteroatoms. The van der Waals surface area contributed by atoms with E-state index in [1.54, 1.807) is 20.5 Å². The molecule has 0 fully saturated rings. The van der Waals surface area contributed by atoms with Crippen LogP contribution in [0.4, 0.5) is 5.82 Å². The zero-order chi connectivity index (χ0) is 18.1. The van der Waals surface area contributed by atoms with Crippen LogP contribution >= 0.6 is 0 Å². The van der Waals surface area contributed by atoms with E-state index in [0.29, 0.717) is 12.2 Å². The van der Waals surface area contributed by atoms with Crippen LogP contribution in [0.1, 0.15) is 23.6 Å². The topological polar surface area (TPSA) is 65.4 Å². The van der Waals surface area contributed by atoms with Gasteiger partial charge >= 0.3 is 0 Å². The van der Waals surface area contributed by atoms with E-state index in [9.17, 15) is 4.79 Å². The summed E-state index contributed by atoms with van der Waals surface area (Å²) in [5.41, 5.74) is 2.71. The Morgan fingerprint density at radius 2 is 1.85 bits per heavy atom. The summed E-state index contributed by atoms with van der Waals surface area (Å²) in [6.07, 6.45) is 2.08. The van der Waals surface area contributed by atoms with E-state index in [-0.39, 0.29) is 11.8 Å². The lowest BCUT2D eigenvalue weighted by Crippen LogP contribution is -2.25. The van der Waals surface area contributed by atoms with Gasteiger partial charge in [0.2, 0.25) is 5.91 Å². The molecule has 1 aromatic heterocycles. The fourth-order valence-corrected chi connectivity index (χ4v) is 3.36. The van der Waals surface area contributed by atoms with Gasteiger partial charge in [-0.15, -0.1) is 0 Å². The van der Waals surface area contributed by atoms with Crippen molar-refractivity contribution in [3.63, 3.8) is 0 Å². The zero-order valence-electron chi connectivity index (χ0n) is 14.6. The third-order valence-electron chi connectivity index (χ3n) is 4.64. The molecule has 0 saturated carbocycles. The lowest BCUT2D eigenvalue weighted by Gasteiger charge is -2.24. The van der Waals surface area contributed by atoms with Crippen LogP contribution in [-0.2, 0) is 4.79 Å². The number of benzene rings is 2. The molecule has 6 nitrogen and oxygen atoms in total. The second-order valence-corrected chi connectivity index (χ2v) is 6.09. The predicted octanol–water partition coefficient (Wildman–Crippen LogP) is 3.36. The van der Waals surface area contributed by atoms with Crippen LogP contribution in [-0.4, -0.2) is 29.7 Å². The molecule has 0 radical (unpaired) electrons. The Bertz CT molecular complexity index is 947. The van der Waals surface area contributed by atoms with Crippen molar-refractivity contribution in [2.24, 2.45) is 0 Å². The number of aromatic nitrogens is 2. The van der Waals surface area contributed by atoms with Gasteiger partial charge in [0, 0.05) is 23.6 Å². The summed E-state index contributed by atoms with van der Waals surface area (Å²) in [5, 5.41) is 2.96. The quantitative estimate of drug-likeness (QED) is 0.784. The first-order valence-electron chi connectivity index (χ1n) is 8.35. The maximum absolute atomic E-state index is 12.4. The van der Waals surface area contributed by atoms with Gasteiger partial charge in [-0.25, -0.2) is 4.98 Å². The Labute approximate surface area is 151 Å². The van der Waals surface area contributed by atoms with Crippen LogP contribution in [0.25, 0.3) is 5.69 Å². The number of fused-ring (bicyclic) bond motifs is 1. The molecule has 0 bridgehead atoms. The van der Waals surface area contributed by atoms with Crippen molar-refractivity contribution < 1.29 is 14.3 Å². The fraction of sp³-hybridized carbons (Fsp3) is 0.200. The highest BCUT2D eigenvalue weighted by Gasteiger charge is 2.32. The van der Waals surface area contributed by atoms with E-state index >= 15 is 0 Å². The number of carbonyl (C=O) groups is 1. The Morgan fingerprint density at radius 1 is 1.08 bits per heavy atom. The Kier molecular flexibility index (Phi) is 4.08. The number of carbonyl (C=O) groups excluding carboxylic acids is 1. The molecule has 0 aliphatic carbocycles. The summed E-state index contributed by atoms with van der Waals surface area (Å²) < 4.78 is 12.6. The van der Waals surface area contributed by atoms with Crippen molar-refractivity contribution in [1.82, 2.24) is 9.55 Å². The predicted molar refractivity (Wildman–Crippen MR) is 98.2 cm³/mol. The molecule has 1 aliphatic rings. The highest BCUT2D eigenvalue weighted by molar-refractivity contribution is 5.94. The number of methoxy groups -OCH3 is 2. The summed E-state index contributed by atoms with van der Waals surface area (Å²) in [5.74, 6) is 2.05.